The Bertz CT molecular complexity index is 977. The van der Waals surface area contributed by atoms with Crippen molar-refractivity contribution in [3.8, 4) is 5.75 Å². The Balaban J connectivity index is 1.27. The van der Waals surface area contributed by atoms with Gasteiger partial charge < -0.3 is 19.8 Å². The molecule has 0 radical (unpaired) electrons. The first-order chi connectivity index (χ1) is 16.2. The number of carbonyl (C=O) groups excluding carboxylic acids is 1. The number of likely N-dealkylation sites (tertiary alicyclic amines) is 1. The van der Waals surface area contributed by atoms with E-state index in [4.69, 9.17) is 9.47 Å². The number of fused-ring (bicyclic) bond motifs is 1. The zero-order valence-electron chi connectivity index (χ0n) is 19.8. The van der Waals surface area contributed by atoms with Crippen molar-refractivity contribution in [3.63, 3.8) is 0 Å². The highest BCUT2D eigenvalue weighted by Crippen LogP contribution is 2.31. The maximum atomic E-state index is 12.6. The molecule has 2 N–H and O–H groups in total. The van der Waals surface area contributed by atoms with E-state index in [1.165, 1.54) is 4.90 Å². The van der Waals surface area contributed by atoms with Gasteiger partial charge in [0.1, 0.15) is 5.75 Å². The maximum Gasteiger partial charge on any atom is 0.401 e. The van der Waals surface area contributed by atoms with Gasteiger partial charge in [0.2, 0.25) is 5.91 Å². The Morgan fingerprint density at radius 2 is 2.21 bits per heavy atom. The summed E-state index contributed by atoms with van der Waals surface area (Å²) in [5, 5.41) is 3.88. The fourth-order valence-corrected chi connectivity index (χ4v) is 5.00. The number of alkyl halides is 3. The molecule has 2 aliphatic rings. The van der Waals surface area contributed by atoms with Gasteiger partial charge in [-0.05, 0) is 62.8 Å². The molecule has 0 aliphatic carbocycles. The molecular weight excluding hydrogens is 447 g/mol. The van der Waals surface area contributed by atoms with Gasteiger partial charge >= 0.3 is 6.18 Å². The molecule has 0 saturated carbocycles. The number of carbonyl (C=O) groups is 1. The first-order valence-electron chi connectivity index (χ1n) is 12.2. The van der Waals surface area contributed by atoms with Gasteiger partial charge in [-0.3, -0.25) is 9.69 Å². The van der Waals surface area contributed by atoms with Crippen molar-refractivity contribution in [3.05, 3.63) is 24.4 Å². The third kappa shape index (κ3) is 6.24. The van der Waals surface area contributed by atoms with Crippen molar-refractivity contribution in [2.75, 3.05) is 38.2 Å². The van der Waals surface area contributed by atoms with Crippen LogP contribution in [0.2, 0.25) is 0 Å². The van der Waals surface area contributed by atoms with E-state index in [9.17, 15) is 18.0 Å². The molecule has 1 amide bonds. The highest BCUT2D eigenvalue weighted by Gasteiger charge is 2.35. The number of ether oxygens (including phenoxy) is 2. The quantitative estimate of drug-likeness (QED) is 0.489. The van der Waals surface area contributed by atoms with Crippen LogP contribution in [-0.2, 0) is 9.53 Å². The molecule has 2 aromatic rings. The summed E-state index contributed by atoms with van der Waals surface area (Å²) < 4.78 is 49.2. The molecule has 4 rings (SSSR count). The Morgan fingerprint density at radius 3 is 2.88 bits per heavy atom. The molecule has 34 heavy (non-hydrogen) atoms. The van der Waals surface area contributed by atoms with Crippen LogP contribution < -0.4 is 10.1 Å². The summed E-state index contributed by atoms with van der Waals surface area (Å²) in [5.41, 5.74) is 1.64. The molecule has 0 bridgehead atoms. The lowest BCUT2D eigenvalue weighted by Gasteiger charge is -2.32. The van der Waals surface area contributed by atoms with Crippen LogP contribution in [0.4, 0.5) is 18.9 Å². The molecule has 2 fully saturated rings. The average molecular weight is 482 g/mol. The summed E-state index contributed by atoms with van der Waals surface area (Å²) in [5.74, 6) is 1.30. The Hall–Kier alpha value is -2.26. The number of nitrogens with zero attached hydrogens (tertiary/aromatic N) is 1. The number of anilines is 1. The van der Waals surface area contributed by atoms with Crippen LogP contribution in [0.25, 0.3) is 10.9 Å². The van der Waals surface area contributed by atoms with Crippen molar-refractivity contribution >= 4 is 22.5 Å². The standard InChI is InChI=1S/C25H34F3N3O3/c1-3-17(10-18-6-8-31(13-18)15-25(26,27)28)7-9-33-19-4-5-22-20(11-19)23(12-29-22)30-24(32)21-14-34-16(21)2/h4-5,11-12,16-18,21,29H,3,6-10,13-15H2,1-2H3,(H,30,32)/t16-,17+,18+,21+/m0/s1. The number of amides is 1. The number of H-pyrrole nitrogens is 1. The molecule has 1 aromatic carbocycles. The third-order valence-electron chi connectivity index (χ3n) is 7.16. The molecule has 2 saturated heterocycles. The van der Waals surface area contributed by atoms with Crippen molar-refractivity contribution in [1.29, 1.82) is 0 Å². The van der Waals surface area contributed by atoms with E-state index in [0.29, 0.717) is 38.1 Å². The molecule has 4 atom stereocenters. The van der Waals surface area contributed by atoms with E-state index in [-0.39, 0.29) is 17.9 Å². The first kappa shape index (κ1) is 24.9. The second-order valence-corrected chi connectivity index (χ2v) is 9.70. The number of aromatic amines is 1. The van der Waals surface area contributed by atoms with Crippen LogP contribution in [0, 0.1) is 17.8 Å². The zero-order chi connectivity index (χ0) is 24.3. The number of hydrogen-bond acceptors (Lipinski definition) is 4. The molecule has 2 aliphatic heterocycles. The minimum absolute atomic E-state index is 0.0440. The van der Waals surface area contributed by atoms with Gasteiger partial charge in [-0.2, -0.15) is 13.2 Å². The summed E-state index contributed by atoms with van der Waals surface area (Å²) in [6.45, 7) is 5.27. The summed E-state index contributed by atoms with van der Waals surface area (Å²) in [4.78, 5) is 17.1. The molecule has 188 valence electrons. The lowest BCUT2D eigenvalue weighted by atomic mass is 9.90. The fourth-order valence-electron chi connectivity index (χ4n) is 5.00. The van der Waals surface area contributed by atoms with Crippen molar-refractivity contribution in [2.45, 2.75) is 51.8 Å². The van der Waals surface area contributed by atoms with Gasteiger partial charge in [0.05, 0.1) is 37.5 Å². The van der Waals surface area contributed by atoms with Crippen LogP contribution >= 0.6 is 0 Å². The average Bonchev–Trinajstić information content (AvgIpc) is 3.37. The monoisotopic (exact) mass is 481 g/mol. The lowest BCUT2D eigenvalue weighted by molar-refractivity contribution is -0.147. The molecular formula is C25H34F3N3O3. The minimum atomic E-state index is -4.12. The fraction of sp³-hybridized carbons (Fsp3) is 0.640. The highest BCUT2D eigenvalue weighted by atomic mass is 19.4. The Labute approximate surface area is 198 Å². The second-order valence-electron chi connectivity index (χ2n) is 9.70. The SMILES string of the molecule is CC[C@H](CCOc1ccc2[nH]cc(NC(=O)[C@@H]3CO[C@H]3C)c2c1)C[C@H]1CCN(CC(F)(F)F)C1. The predicted octanol–water partition coefficient (Wildman–Crippen LogP) is 5.21. The first-order valence-corrected chi connectivity index (χ1v) is 12.2. The normalized spacial score (nSPS) is 24.2. The second kappa shape index (κ2) is 10.6. The predicted molar refractivity (Wildman–Crippen MR) is 125 cm³/mol. The van der Waals surface area contributed by atoms with E-state index in [1.54, 1.807) is 6.20 Å². The number of halogens is 3. The minimum Gasteiger partial charge on any atom is -0.494 e. The maximum absolute atomic E-state index is 12.6. The third-order valence-corrected chi connectivity index (χ3v) is 7.16. The Kier molecular flexibility index (Phi) is 7.72. The summed E-state index contributed by atoms with van der Waals surface area (Å²) in [7, 11) is 0. The van der Waals surface area contributed by atoms with E-state index in [2.05, 4.69) is 17.2 Å². The van der Waals surface area contributed by atoms with Gasteiger partial charge in [-0.1, -0.05) is 13.3 Å². The Morgan fingerprint density at radius 1 is 1.38 bits per heavy atom. The summed E-state index contributed by atoms with van der Waals surface area (Å²) in [6.07, 6.45) is 1.21. The van der Waals surface area contributed by atoms with Gasteiger partial charge in [0.25, 0.3) is 0 Å². The number of nitrogens with one attached hydrogen (secondary N) is 2. The van der Waals surface area contributed by atoms with Crippen LogP contribution in [0.3, 0.4) is 0 Å². The molecule has 0 unspecified atom stereocenters. The van der Waals surface area contributed by atoms with Gasteiger partial charge in [-0.15, -0.1) is 0 Å². The van der Waals surface area contributed by atoms with Crippen LogP contribution in [0.5, 0.6) is 5.75 Å². The molecule has 3 heterocycles. The van der Waals surface area contributed by atoms with Gasteiger partial charge in [0.15, 0.2) is 0 Å². The zero-order valence-corrected chi connectivity index (χ0v) is 19.8. The number of benzene rings is 1. The van der Waals surface area contributed by atoms with Gasteiger partial charge in [0, 0.05) is 23.6 Å². The van der Waals surface area contributed by atoms with Crippen molar-refractivity contribution in [1.82, 2.24) is 9.88 Å². The number of rotatable bonds is 10. The van der Waals surface area contributed by atoms with Crippen LogP contribution in [0.1, 0.15) is 39.5 Å². The number of hydrogen-bond donors (Lipinski definition) is 2. The molecule has 9 heteroatoms. The van der Waals surface area contributed by atoms with E-state index < -0.39 is 12.7 Å². The van der Waals surface area contributed by atoms with Crippen LogP contribution in [-0.4, -0.2) is 60.9 Å². The summed E-state index contributed by atoms with van der Waals surface area (Å²) >= 11 is 0. The largest absolute Gasteiger partial charge is 0.494 e. The molecule has 1 aromatic heterocycles. The van der Waals surface area contributed by atoms with E-state index in [0.717, 1.165) is 48.0 Å². The summed E-state index contributed by atoms with van der Waals surface area (Å²) in [6, 6.07) is 5.76. The van der Waals surface area contributed by atoms with E-state index >= 15 is 0 Å². The number of aromatic nitrogens is 1. The molecule has 0 spiro atoms. The lowest BCUT2D eigenvalue weighted by Crippen LogP contribution is -2.45. The van der Waals surface area contributed by atoms with Crippen molar-refractivity contribution in [2.24, 2.45) is 17.8 Å². The van der Waals surface area contributed by atoms with Crippen LogP contribution in [0.15, 0.2) is 24.4 Å². The van der Waals surface area contributed by atoms with E-state index in [1.807, 2.05) is 25.1 Å². The van der Waals surface area contributed by atoms with Gasteiger partial charge in [-0.25, -0.2) is 0 Å². The van der Waals surface area contributed by atoms with Crippen molar-refractivity contribution < 1.29 is 27.4 Å². The molecule has 6 nitrogen and oxygen atoms in total. The highest BCUT2D eigenvalue weighted by molar-refractivity contribution is 6.03. The smallest absolute Gasteiger partial charge is 0.401 e. The topological polar surface area (TPSA) is 66.6 Å².